The Morgan fingerprint density at radius 1 is 0.756 bits per heavy atom. The van der Waals surface area contributed by atoms with Crippen molar-refractivity contribution in [3.63, 3.8) is 0 Å². The van der Waals surface area contributed by atoms with Crippen LogP contribution in [0.3, 0.4) is 0 Å². The minimum Gasteiger partial charge on any atom is -0.396 e. The normalized spacial score (nSPS) is 11.7. The fourth-order valence-electron chi connectivity index (χ4n) is 4.34. The Morgan fingerprint density at radius 2 is 1.22 bits per heavy atom. The number of thioether (sulfide) groups is 1. The van der Waals surface area contributed by atoms with Gasteiger partial charge in [0.15, 0.2) is 21.4 Å². The van der Waals surface area contributed by atoms with Crippen LogP contribution < -0.4 is 4.90 Å². The Morgan fingerprint density at radius 3 is 1.71 bits per heavy atom. The zero-order valence-corrected chi connectivity index (χ0v) is 25.1. The van der Waals surface area contributed by atoms with Gasteiger partial charge in [0.05, 0.1) is 11.5 Å². The summed E-state index contributed by atoms with van der Waals surface area (Å²) in [6, 6.07) is 27.9. The molecule has 0 saturated heterocycles. The molecule has 8 heteroatoms. The van der Waals surface area contributed by atoms with Crippen LogP contribution in [0.5, 0.6) is 0 Å². The molecule has 0 fully saturated rings. The Kier molecular flexibility index (Phi) is 9.17. The molecule has 212 valence electrons. The maximum atomic E-state index is 13.4. The van der Waals surface area contributed by atoms with Crippen molar-refractivity contribution in [3.05, 3.63) is 119 Å². The number of carbonyl (C=O) groups is 2. The molecule has 4 rings (SSSR count). The van der Waals surface area contributed by atoms with E-state index in [0.29, 0.717) is 22.4 Å². The van der Waals surface area contributed by atoms with Crippen molar-refractivity contribution in [1.29, 1.82) is 0 Å². The Hall–Kier alpha value is -3.72. The third-order valence-electron chi connectivity index (χ3n) is 7.06. The maximum Gasteiger partial charge on any atom is 0.193 e. The van der Waals surface area contributed by atoms with Gasteiger partial charge < -0.3 is 10.0 Å². The fourth-order valence-corrected chi connectivity index (χ4v) is 6.44. The van der Waals surface area contributed by atoms with Crippen molar-refractivity contribution >= 4 is 44.5 Å². The number of aliphatic hydroxyl groups excluding tert-OH is 1. The van der Waals surface area contributed by atoms with Crippen molar-refractivity contribution in [2.75, 3.05) is 24.3 Å². The van der Waals surface area contributed by atoms with Crippen LogP contribution in [0, 0.1) is 6.92 Å². The summed E-state index contributed by atoms with van der Waals surface area (Å²) in [7, 11) is -2.03. The van der Waals surface area contributed by atoms with Gasteiger partial charge in [-0.15, -0.1) is 11.8 Å². The molecule has 0 heterocycles. The van der Waals surface area contributed by atoms with Crippen LogP contribution in [-0.2, 0) is 9.84 Å². The molecule has 0 bridgehead atoms. The monoisotopic (exact) mass is 587 g/mol. The van der Waals surface area contributed by atoms with Gasteiger partial charge in [0.25, 0.3) is 0 Å². The van der Waals surface area contributed by atoms with Crippen molar-refractivity contribution < 1.29 is 23.1 Å². The molecular weight excluding hydrogens is 554 g/mol. The summed E-state index contributed by atoms with van der Waals surface area (Å²) < 4.78 is 25.0. The molecule has 0 spiro atoms. The molecule has 0 unspecified atom stereocenters. The lowest BCUT2D eigenvalue weighted by Crippen LogP contribution is -2.40. The SMILES string of the molecule is Cc1ccc(S(=O)(=O)C(C)(C)C(=O)c2ccc(N(C)c3ccc(C(=O)c4ccc(SCCO)cc4)cc3)cc2)cc1. The summed E-state index contributed by atoms with van der Waals surface area (Å²) in [6.45, 7) is 4.86. The van der Waals surface area contributed by atoms with Crippen LogP contribution in [0.25, 0.3) is 0 Å². The Labute approximate surface area is 246 Å². The van der Waals surface area contributed by atoms with Gasteiger partial charge in [0.2, 0.25) is 0 Å². The van der Waals surface area contributed by atoms with Crippen LogP contribution in [-0.4, -0.2) is 49.2 Å². The van der Waals surface area contributed by atoms with E-state index in [1.807, 2.05) is 43.1 Å². The number of nitrogens with zero attached hydrogens (tertiary/aromatic N) is 1. The Bertz CT molecular complexity index is 1630. The highest BCUT2D eigenvalue weighted by Gasteiger charge is 2.43. The lowest BCUT2D eigenvalue weighted by atomic mass is 10.00. The molecule has 0 aliphatic rings. The number of anilines is 2. The quantitative estimate of drug-likeness (QED) is 0.158. The van der Waals surface area contributed by atoms with Gasteiger partial charge in [-0.2, -0.15) is 0 Å². The van der Waals surface area contributed by atoms with E-state index in [0.717, 1.165) is 21.8 Å². The molecule has 0 atom stereocenters. The van der Waals surface area contributed by atoms with Gasteiger partial charge >= 0.3 is 0 Å². The second-order valence-electron chi connectivity index (χ2n) is 10.2. The summed E-state index contributed by atoms with van der Waals surface area (Å²) in [5.41, 5.74) is 4.05. The number of sulfone groups is 1. The van der Waals surface area contributed by atoms with Crippen LogP contribution in [0.15, 0.2) is 107 Å². The molecule has 4 aromatic rings. The van der Waals surface area contributed by atoms with Gasteiger partial charge in [-0.05, 0) is 106 Å². The standard InChI is InChI=1S/C33H33NO5S2/c1-23-5-19-30(20-6-23)41(38,39)33(2,3)32(37)26-9-15-28(16-10-26)34(4)27-13-7-24(8-14-27)31(36)25-11-17-29(18-12-25)40-22-21-35/h5-20,35H,21-22H2,1-4H3. The molecule has 4 aromatic carbocycles. The van der Waals surface area contributed by atoms with E-state index in [1.54, 1.807) is 60.7 Å². The van der Waals surface area contributed by atoms with Crippen molar-refractivity contribution in [1.82, 2.24) is 0 Å². The highest BCUT2D eigenvalue weighted by atomic mass is 32.2. The van der Waals surface area contributed by atoms with E-state index in [-0.39, 0.29) is 17.3 Å². The second kappa shape index (κ2) is 12.4. The molecule has 0 saturated carbocycles. The van der Waals surface area contributed by atoms with Crippen molar-refractivity contribution in [3.8, 4) is 0 Å². The smallest absolute Gasteiger partial charge is 0.193 e. The van der Waals surface area contributed by atoms with E-state index >= 15 is 0 Å². The van der Waals surface area contributed by atoms with E-state index < -0.39 is 20.4 Å². The number of Topliss-reactive ketones (excluding diaryl/α,β-unsaturated/α-hetero) is 1. The van der Waals surface area contributed by atoms with E-state index in [2.05, 4.69) is 0 Å². The summed E-state index contributed by atoms with van der Waals surface area (Å²) >= 11 is 1.53. The van der Waals surface area contributed by atoms with Crippen molar-refractivity contribution in [2.45, 2.75) is 35.3 Å². The predicted octanol–water partition coefficient (Wildman–Crippen LogP) is 6.51. The van der Waals surface area contributed by atoms with Crippen LogP contribution in [0.1, 0.15) is 45.7 Å². The molecule has 0 aliphatic carbocycles. The third kappa shape index (κ3) is 6.45. The molecule has 6 nitrogen and oxygen atoms in total. The number of ketones is 2. The first kappa shape index (κ1) is 30.2. The zero-order chi connectivity index (χ0) is 29.8. The first-order valence-corrected chi connectivity index (χ1v) is 15.6. The predicted molar refractivity (Wildman–Crippen MR) is 165 cm³/mol. The number of rotatable bonds is 11. The molecule has 0 radical (unpaired) electrons. The molecule has 0 aliphatic heterocycles. The lowest BCUT2D eigenvalue weighted by Gasteiger charge is -2.24. The number of hydrogen-bond donors (Lipinski definition) is 1. The third-order valence-corrected chi connectivity index (χ3v) is 10.5. The van der Waals surface area contributed by atoms with Gasteiger partial charge in [-0.25, -0.2) is 8.42 Å². The molecule has 41 heavy (non-hydrogen) atoms. The average Bonchev–Trinajstić information content (AvgIpc) is 2.99. The highest BCUT2D eigenvalue weighted by molar-refractivity contribution is 7.99. The molecule has 1 N–H and O–H groups in total. The minimum absolute atomic E-state index is 0.0796. The van der Waals surface area contributed by atoms with Gasteiger partial charge in [0.1, 0.15) is 4.75 Å². The van der Waals surface area contributed by atoms with Crippen LogP contribution in [0.4, 0.5) is 11.4 Å². The van der Waals surface area contributed by atoms with Gasteiger partial charge in [0, 0.05) is 45.8 Å². The van der Waals surface area contributed by atoms with E-state index in [1.165, 1.54) is 37.7 Å². The van der Waals surface area contributed by atoms with E-state index in [4.69, 9.17) is 5.11 Å². The molecule has 0 aromatic heterocycles. The van der Waals surface area contributed by atoms with E-state index in [9.17, 15) is 18.0 Å². The van der Waals surface area contributed by atoms with Gasteiger partial charge in [-0.1, -0.05) is 17.7 Å². The molecular formula is C33H33NO5S2. The average molecular weight is 588 g/mol. The number of aliphatic hydroxyl groups is 1. The number of hydrogen-bond acceptors (Lipinski definition) is 7. The molecule has 0 amide bonds. The number of carbonyl (C=O) groups excluding carboxylic acids is 2. The topological polar surface area (TPSA) is 91.8 Å². The summed E-state index contributed by atoms with van der Waals surface area (Å²) in [5.74, 6) is 0.0500. The summed E-state index contributed by atoms with van der Waals surface area (Å²) in [5, 5.41) is 8.97. The van der Waals surface area contributed by atoms with Gasteiger partial charge in [-0.3, -0.25) is 9.59 Å². The largest absolute Gasteiger partial charge is 0.396 e. The maximum absolute atomic E-state index is 13.4. The van der Waals surface area contributed by atoms with Crippen molar-refractivity contribution in [2.24, 2.45) is 0 Å². The first-order chi connectivity index (χ1) is 19.5. The van der Waals surface area contributed by atoms with Crippen LogP contribution in [0.2, 0.25) is 0 Å². The second-order valence-corrected chi connectivity index (χ2v) is 13.9. The summed E-state index contributed by atoms with van der Waals surface area (Å²) in [6.07, 6.45) is 0. The minimum atomic E-state index is -3.91. The highest BCUT2D eigenvalue weighted by Crippen LogP contribution is 2.31. The zero-order valence-electron chi connectivity index (χ0n) is 23.5. The number of aryl methyl sites for hydroxylation is 1. The lowest BCUT2D eigenvalue weighted by molar-refractivity contribution is 0.0953. The fraction of sp³-hybridized carbons (Fsp3) is 0.212. The van der Waals surface area contributed by atoms with Crippen LogP contribution >= 0.6 is 11.8 Å². The Balaban J connectivity index is 1.47. The number of benzene rings is 4. The first-order valence-electron chi connectivity index (χ1n) is 13.1. The summed E-state index contributed by atoms with van der Waals surface area (Å²) in [4.78, 5) is 29.3.